The molecule has 7 nitrogen and oxygen atoms in total. The van der Waals surface area contributed by atoms with E-state index in [0.29, 0.717) is 19.4 Å². The quantitative estimate of drug-likeness (QED) is 0.319. The predicted molar refractivity (Wildman–Crippen MR) is 127 cm³/mol. The number of nitrogens with two attached hydrogens (primary N) is 1. The molecule has 8 heteroatoms. The Bertz CT molecular complexity index is 1000. The third-order valence-electron chi connectivity index (χ3n) is 5.00. The van der Waals surface area contributed by atoms with E-state index in [2.05, 4.69) is 5.32 Å². The summed E-state index contributed by atoms with van der Waals surface area (Å²) in [6, 6.07) is 5.79. The lowest BCUT2D eigenvalue weighted by Crippen LogP contribution is -2.37. The highest BCUT2D eigenvalue weighted by molar-refractivity contribution is 6.50. The van der Waals surface area contributed by atoms with E-state index in [-0.39, 0.29) is 39.0 Å². The first kappa shape index (κ1) is 26.5. The molecule has 0 aliphatic heterocycles. The lowest BCUT2D eigenvalue weighted by atomic mass is 9.88. The van der Waals surface area contributed by atoms with E-state index in [1.165, 1.54) is 6.08 Å². The van der Waals surface area contributed by atoms with Gasteiger partial charge in [-0.05, 0) is 46.6 Å². The first-order chi connectivity index (χ1) is 15.4. The molecule has 0 saturated heterocycles. The molecule has 0 fully saturated rings. The second kappa shape index (κ2) is 11.4. The number of allylic oxidation sites excluding steroid dienone is 3. The summed E-state index contributed by atoms with van der Waals surface area (Å²) in [6.07, 6.45) is 4.07. The average Bonchev–Trinajstić information content (AvgIpc) is 2.75. The number of rotatable bonds is 9. The predicted octanol–water partition coefficient (Wildman–Crippen LogP) is 3.85. The van der Waals surface area contributed by atoms with Crippen LogP contribution in [0, 0.1) is 0 Å². The molecule has 1 atom stereocenters. The minimum Gasteiger partial charge on any atom is -0.459 e. The highest BCUT2D eigenvalue weighted by Gasteiger charge is 2.30. The number of hydrogen-bond acceptors (Lipinski definition) is 6. The topological polar surface area (TPSA) is 116 Å². The van der Waals surface area contributed by atoms with Gasteiger partial charge in [-0.1, -0.05) is 48.7 Å². The summed E-state index contributed by atoms with van der Waals surface area (Å²) in [6.45, 7) is 7.37. The third-order valence-corrected chi connectivity index (χ3v) is 5.38. The molecule has 2 rings (SSSR count). The lowest BCUT2D eigenvalue weighted by molar-refractivity contribution is -0.156. The van der Waals surface area contributed by atoms with Gasteiger partial charge in [0.05, 0.1) is 5.03 Å². The highest BCUT2D eigenvalue weighted by atomic mass is 35.5. The van der Waals surface area contributed by atoms with Crippen molar-refractivity contribution in [1.29, 1.82) is 0 Å². The maximum atomic E-state index is 12.7. The van der Waals surface area contributed by atoms with Crippen LogP contribution in [-0.2, 0) is 14.3 Å². The maximum absolute atomic E-state index is 12.7. The number of unbranched alkanes of at least 4 members (excludes halogenated alkanes) is 2. The van der Waals surface area contributed by atoms with Gasteiger partial charge in [-0.2, -0.15) is 0 Å². The molecule has 3 N–H and O–H groups in total. The van der Waals surface area contributed by atoms with Crippen molar-refractivity contribution in [2.45, 2.75) is 65.0 Å². The molecule has 1 aliphatic rings. The van der Waals surface area contributed by atoms with Gasteiger partial charge in [0.2, 0.25) is 11.7 Å². The van der Waals surface area contributed by atoms with Crippen LogP contribution in [-0.4, -0.2) is 41.6 Å². The fraction of sp³-hybridized carbons (Fsp3) is 0.440. The summed E-state index contributed by atoms with van der Waals surface area (Å²) < 4.78 is 5.25. The second-order valence-electron chi connectivity index (χ2n) is 9.00. The van der Waals surface area contributed by atoms with Gasteiger partial charge in [-0.3, -0.25) is 19.2 Å². The molecule has 1 amide bonds. The number of ketones is 2. The van der Waals surface area contributed by atoms with E-state index in [1.807, 2.05) is 0 Å². The van der Waals surface area contributed by atoms with E-state index >= 15 is 0 Å². The van der Waals surface area contributed by atoms with Crippen LogP contribution in [0.1, 0.15) is 74.1 Å². The van der Waals surface area contributed by atoms with Crippen molar-refractivity contribution in [1.82, 2.24) is 5.32 Å². The molecular weight excluding hydrogens is 444 g/mol. The zero-order chi connectivity index (χ0) is 24.8. The number of amides is 1. The average molecular weight is 475 g/mol. The number of Topliss-reactive ketones (excluding diaryl/α,β-unsaturated/α-hetero) is 2. The molecule has 0 aromatic heterocycles. The van der Waals surface area contributed by atoms with Crippen LogP contribution in [0.15, 0.2) is 46.5 Å². The number of hydrogen-bond donors (Lipinski definition) is 2. The van der Waals surface area contributed by atoms with Crippen LogP contribution in [0.2, 0.25) is 0 Å². The van der Waals surface area contributed by atoms with Crippen LogP contribution in [0.4, 0.5) is 0 Å². The van der Waals surface area contributed by atoms with Crippen LogP contribution in [0.5, 0.6) is 0 Å². The Morgan fingerprint density at radius 1 is 1.09 bits per heavy atom. The Morgan fingerprint density at radius 3 is 2.30 bits per heavy atom. The van der Waals surface area contributed by atoms with Crippen LogP contribution in [0.3, 0.4) is 0 Å². The SMILES string of the molecule is C/C(=C\C1=C(Cl)C(=O)c2ccccc2C1=O)C(=O)NCCCCCC(N)C(=O)OC(C)(C)C. The van der Waals surface area contributed by atoms with E-state index in [4.69, 9.17) is 22.1 Å². The normalized spacial score (nSPS) is 15.3. The number of fused-ring (bicyclic) bond motifs is 1. The summed E-state index contributed by atoms with van der Waals surface area (Å²) in [5.74, 6) is -1.58. The summed E-state index contributed by atoms with van der Waals surface area (Å²) in [5.41, 5.74) is 6.12. The smallest absolute Gasteiger partial charge is 0.323 e. The number of carbonyl (C=O) groups is 4. The summed E-state index contributed by atoms with van der Waals surface area (Å²) in [4.78, 5) is 49.4. The molecule has 1 unspecified atom stereocenters. The van der Waals surface area contributed by atoms with Gasteiger partial charge < -0.3 is 15.8 Å². The first-order valence-electron chi connectivity index (χ1n) is 11.0. The third kappa shape index (κ3) is 7.37. The molecule has 178 valence electrons. The Kier molecular flexibility index (Phi) is 9.14. The van der Waals surface area contributed by atoms with Gasteiger partial charge >= 0.3 is 5.97 Å². The Hall–Kier alpha value is -2.77. The summed E-state index contributed by atoms with van der Waals surface area (Å²) in [5, 5.41) is 2.59. The molecular formula is C25H31ClN2O5. The second-order valence-corrected chi connectivity index (χ2v) is 9.38. The number of ether oxygens (including phenoxy) is 1. The molecule has 33 heavy (non-hydrogen) atoms. The van der Waals surface area contributed by atoms with Crippen LogP contribution < -0.4 is 11.1 Å². The van der Waals surface area contributed by atoms with Crippen molar-refractivity contribution in [2.24, 2.45) is 5.73 Å². The molecule has 1 aliphatic carbocycles. The van der Waals surface area contributed by atoms with Gasteiger partial charge in [0.15, 0.2) is 5.78 Å². The van der Waals surface area contributed by atoms with Crippen LogP contribution in [0.25, 0.3) is 0 Å². The minimum absolute atomic E-state index is 0.0177. The number of esters is 1. The first-order valence-corrected chi connectivity index (χ1v) is 11.3. The molecule has 1 aromatic rings. The highest BCUT2D eigenvalue weighted by Crippen LogP contribution is 2.29. The fourth-order valence-electron chi connectivity index (χ4n) is 3.28. The Balaban J connectivity index is 1.82. The minimum atomic E-state index is -0.664. The van der Waals surface area contributed by atoms with Crippen molar-refractivity contribution >= 4 is 35.0 Å². The maximum Gasteiger partial charge on any atom is 0.323 e. The summed E-state index contributed by atoms with van der Waals surface area (Å²) >= 11 is 6.14. The van der Waals surface area contributed by atoms with Crippen molar-refractivity contribution in [3.63, 3.8) is 0 Å². The number of halogens is 1. The number of carbonyl (C=O) groups excluding carboxylic acids is 4. The summed E-state index contributed by atoms with van der Waals surface area (Å²) in [7, 11) is 0. The fourth-order valence-corrected chi connectivity index (χ4v) is 3.52. The van der Waals surface area contributed by atoms with E-state index < -0.39 is 23.4 Å². The van der Waals surface area contributed by atoms with Gasteiger partial charge in [-0.15, -0.1) is 0 Å². The zero-order valence-corrected chi connectivity index (χ0v) is 20.3. The Morgan fingerprint density at radius 2 is 1.70 bits per heavy atom. The Labute approximate surface area is 199 Å². The molecule has 0 saturated carbocycles. The lowest BCUT2D eigenvalue weighted by Gasteiger charge is -2.22. The van der Waals surface area contributed by atoms with Gasteiger partial charge in [0.25, 0.3) is 0 Å². The molecule has 0 heterocycles. The number of benzene rings is 1. The van der Waals surface area contributed by atoms with Crippen molar-refractivity contribution < 1.29 is 23.9 Å². The molecule has 0 radical (unpaired) electrons. The van der Waals surface area contributed by atoms with Gasteiger partial charge in [-0.25, -0.2) is 0 Å². The van der Waals surface area contributed by atoms with Crippen molar-refractivity contribution in [2.75, 3.05) is 6.54 Å². The van der Waals surface area contributed by atoms with Crippen LogP contribution >= 0.6 is 11.6 Å². The molecule has 0 bridgehead atoms. The molecule has 1 aromatic carbocycles. The largest absolute Gasteiger partial charge is 0.459 e. The van der Waals surface area contributed by atoms with Gasteiger partial charge in [0, 0.05) is 28.8 Å². The molecule has 0 spiro atoms. The zero-order valence-electron chi connectivity index (χ0n) is 19.5. The van der Waals surface area contributed by atoms with Crippen molar-refractivity contribution in [3.05, 3.63) is 57.6 Å². The van der Waals surface area contributed by atoms with E-state index in [1.54, 1.807) is 52.0 Å². The van der Waals surface area contributed by atoms with E-state index in [0.717, 1.165) is 12.8 Å². The number of nitrogens with one attached hydrogen (secondary N) is 1. The monoisotopic (exact) mass is 474 g/mol. The van der Waals surface area contributed by atoms with Gasteiger partial charge in [0.1, 0.15) is 11.6 Å². The van der Waals surface area contributed by atoms with Crippen molar-refractivity contribution in [3.8, 4) is 0 Å². The standard InChI is InChI=1S/C25H31ClN2O5/c1-15(14-18-20(26)22(30)17-11-8-7-10-16(17)21(18)29)23(31)28-13-9-5-6-12-19(27)24(32)33-25(2,3)4/h7-8,10-11,14,19H,5-6,9,12-13,27H2,1-4H3,(H,28,31)/b15-14+. The van der Waals surface area contributed by atoms with E-state index in [9.17, 15) is 19.2 Å².